The molecule has 0 saturated carbocycles. The Balaban J connectivity index is 1.60. The van der Waals surface area contributed by atoms with Gasteiger partial charge in [-0.1, -0.05) is 18.2 Å². The quantitative estimate of drug-likeness (QED) is 0.855. The topological polar surface area (TPSA) is 78.5 Å². The molecule has 0 spiro atoms. The molecule has 24 heavy (non-hydrogen) atoms. The first-order chi connectivity index (χ1) is 11.6. The number of likely N-dealkylation sites (N-methyl/N-ethyl adjacent to an activating group) is 1. The molecule has 2 aliphatic heterocycles. The Morgan fingerprint density at radius 3 is 2.75 bits per heavy atom. The van der Waals surface area contributed by atoms with Gasteiger partial charge in [0.1, 0.15) is 6.04 Å². The fourth-order valence-electron chi connectivity index (χ4n) is 3.54. The third kappa shape index (κ3) is 3.27. The number of benzene rings is 1. The lowest BCUT2D eigenvalue weighted by molar-refractivity contribution is -0.139. The molecule has 1 aromatic rings. The molecule has 2 N–H and O–H groups in total. The number of fused-ring (bicyclic) bond motifs is 1. The number of hydrogen-bond acceptors (Lipinski definition) is 3. The highest BCUT2D eigenvalue weighted by Crippen LogP contribution is 2.27. The molecule has 6 nitrogen and oxygen atoms in total. The smallest absolute Gasteiger partial charge is 0.242 e. The van der Waals surface area contributed by atoms with Crippen molar-refractivity contribution in [2.24, 2.45) is 5.92 Å². The molecular formula is C18H23N3O3. The maximum absolute atomic E-state index is 12.5. The number of amides is 3. The van der Waals surface area contributed by atoms with Crippen LogP contribution in [0.3, 0.4) is 0 Å². The first-order valence-electron chi connectivity index (χ1n) is 8.56. The molecular weight excluding hydrogens is 306 g/mol. The Morgan fingerprint density at radius 2 is 2.04 bits per heavy atom. The maximum Gasteiger partial charge on any atom is 0.242 e. The minimum absolute atomic E-state index is 0.0249. The van der Waals surface area contributed by atoms with Crippen LogP contribution in [0.5, 0.6) is 0 Å². The van der Waals surface area contributed by atoms with Gasteiger partial charge in [0, 0.05) is 31.1 Å². The van der Waals surface area contributed by atoms with Crippen molar-refractivity contribution in [1.29, 1.82) is 0 Å². The summed E-state index contributed by atoms with van der Waals surface area (Å²) in [6.07, 6.45) is 2.11. The van der Waals surface area contributed by atoms with E-state index in [4.69, 9.17) is 0 Å². The van der Waals surface area contributed by atoms with Crippen molar-refractivity contribution in [2.45, 2.75) is 38.6 Å². The third-order valence-corrected chi connectivity index (χ3v) is 4.88. The zero-order chi connectivity index (χ0) is 17.1. The van der Waals surface area contributed by atoms with Crippen molar-refractivity contribution in [3.8, 4) is 0 Å². The molecule has 6 heteroatoms. The molecule has 2 atom stereocenters. The number of carbonyl (C=O) groups excluding carboxylic acids is 3. The van der Waals surface area contributed by atoms with Gasteiger partial charge in [-0.25, -0.2) is 0 Å². The number of carbonyl (C=O) groups is 3. The molecule has 0 aromatic heterocycles. The van der Waals surface area contributed by atoms with Crippen LogP contribution < -0.4 is 10.6 Å². The van der Waals surface area contributed by atoms with E-state index >= 15 is 0 Å². The normalized spacial score (nSPS) is 22.5. The molecule has 3 rings (SSSR count). The number of rotatable bonds is 5. The molecule has 0 bridgehead atoms. The van der Waals surface area contributed by atoms with Gasteiger partial charge < -0.3 is 15.5 Å². The molecule has 1 aromatic carbocycles. The second-order valence-electron chi connectivity index (χ2n) is 6.36. The fourth-order valence-corrected chi connectivity index (χ4v) is 3.54. The van der Waals surface area contributed by atoms with Gasteiger partial charge in [-0.3, -0.25) is 14.4 Å². The van der Waals surface area contributed by atoms with E-state index in [1.807, 2.05) is 31.2 Å². The Hall–Kier alpha value is -2.37. The molecule has 3 amide bonds. The molecule has 1 saturated heterocycles. The SMILES string of the molecule is CCN(C(=O)CC[C@@H]1Cc2ccccc2NC1=O)[C@H]1CCNC1=O. The number of nitrogens with zero attached hydrogens (tertiary/aromatic N) is 1. The van der Waals surface area contributed by atoms with E-state index in [9.17, 15) is 14.4 Å². The highest BCUT2D eigenvalue weighted by Gasteiger charge is 2.33. The lowest BCUT2D eigenvalue weighted by Crippen LogP contribution is -2.44. The number of para-hydroxylation sites is 1. The van der Waals surface area contributed by atoms with Gasteiger partial charge in [-0.15, -0.1) is 0 Å². The van der Waals surface area contributed by atoms with Crippen LogP contribution in [0.25, 0.3) is 0 Å². The predicted molar refractivity (Wildman–Crippen MR) is 90.3 cm³/mol. The lowest BCUT2D eigenvalue weighted by Gasteiger charge is -2.28. The molecule has 1 fully saturated rings. The molecule has 0 aliphatic carbocycles. The van der Waals surface area contributed by atoms with Crippen molar-refractivity contribution in [1.82, 2.24) is 10.2 Å². The van der Waals surface area contributed by atoms with Crippen LogP contribution in [-0.2, 0) is 20.8 Å². The predicted octanol–water partition coefficient (Wildman–Crippen LogP) is 1.31. The first kappa shape index (κ1) is 16.5. The van der Waals surface area contributed by atoms with Gasteiger partial charge in [0.15, 0.2) is 0 Å². The summed E-state index contributed by atoms with van der Waals surface area (Å²) < 4.78 is 0. The standard InChI is InChI=1S/C18H23N3O3/c1-2-21(15-9-10-19-18(15)24)16(22)8-7-13-11-12-5-3-4-6-14(12)20-17(13)23/h3-6,13,15H,2,7-11H2,1H3,(H,19,24)(H,20,23)/t13-,15+/m1/s1. The third-order valence-electron chi connectivity index (χ3n) is 4.88. The summed E-state index contributed by atoms with van der Waals surface area (Å²) in [5.41, 5.74) is 1.97. The highest BCUT2D eigenvalue weighted by atomic mass is 16.2. The van der Waals surface area contributed by atoms with Crippen molar-refractivity contribution >= 4 is 23.4 Å². The number of anilines is 1. The molecule has 0 radical (unpaired) electrons. The van der Waals surface area contributed by atoms with Crippen molar-refractivity contribution in [3.63, 3.8) is 0 Å². The minimum Gasteiger partial charge on any atom is -0.354 e. The van der Waals surface area contributed by atoms with Crippen LogP contribution in [-0.4, -0.2) is 41.8 Å². The highest BCUT2D eigenvalue weighted by molar-refractivity contribution is 5.96. The van der Waals surface area contributed by atoms with Crippen molar-refractivity contribution in [3.05, 3.63) is 29.8 Å². The second-order valence-corrected chi connectivity index (χ2v) is 6.36. The van der Waals surface area contributed by atoms with Crippen LogP contribution in [0.15, 0.2) is 24.3 Å². The van der Waals surface area contributed by atoms with Crippen molar-refractivity contribution in [2.75, 3.05) is 18.4 Å². The van der Waals surface area contributed by atoms with Crippen LogP contribution in [0.2, 0.25) is 0 Å². The minimum atomic E-state index is -0.358. The Bertz CT molecular complexity index is 659. The maximum atomic E-state index is 12.5. The van der Waals surface area contributed by atoms with Crippen LogP contribution in [0.1, 0.15) is 31.7 Å². The second kappa shape index (κ2) is 7.03. The molecule has 2 heterocycles. The first-order valence-corrected chi connectivity index (χ1v) is 8.56. The fraction of sp³-hybridized carbons (Fsp3) is 0.500. The van der Waals surface area contributed by atoms with E-state index in [1.54, 1.807) is 4.90 Å². The average Bonchev–Trinajstić information content (AvgIpc) is 2.99. The van der Waals surface area contributed by atoms with Gasteiger partial charge in [0.2, 0.25) is 17.7 Å². The molecule has 2 aliphatic rings. The van der Waals surface area contributed by atoms with Crippen LogP contribution >= 0.6 is 0 Å². The summed E-state index contributed by atoms with van der Waals surface area (Å²) >= 11 is 0. The zero-order valence-corrected chi connectivity index (χ0v) is 13.9. The van der Waals surface area contributed by atoms with E-state index < -0.39 is 0 Å². The number of hydrogen-bond donors (Lipinski definition) is 2. The summed E-state index contributed by atoms with van der Waals surface area (Å²) in [5, 5.41) is 5.68. The lowest BCUT2D eigenvalue weighted by atomic mass is 9.89. The van der Waals surface area contributed by atoms with Gasteiger partial charge in [-0.05, 0) is 37.8 Å². The summed E-state index contributed by atoms with van der Waals surface area (Å²) in [4.78, 5) is 38.2. The summed E-state index contributed by atoms with van der Waals surface area (Å²) in [7, 11) is 0. The largest absolute Gasteiger partial charge is 0.354 e. The van der Waals surface area contributed by atoms with Crippen LogP contribution in [0.4, 0.5) is 5.69 Å². The Morgan fingerprint density at radius 1 is 1.25 bits per heavy atom. The van der Waals surface area contributed by atoms with E-state index in [1.165, 1.54) is 0 Å². The Labute approximate surface area is 141 Å². The summed E-state index contributed by atoms with van der Waals surface area (Å²) in [6, 6.07) is 7.39. The molecule has 128 valence electrons. The molecule has 0 unspecified atom stereocenters. The van der Waals surface area contributed by atoms with Gasteiger partial charge in [0.05, 0.1) is 0 Å². The average molecular weight is 329 g/mol. The monoisotopic (exact) mass is 329 g/mol. The van der Waals surface area contributed by atoms with Gasteiger partial charge in [0.25, 0.3) is 0 Å². The van der Waals surface area contributed by atoms with Crippen molar-refractivity contribution < 1.29 is 14.4 Å². The summed E-state index contributed by atoms with van der Waals surface area (Å²) in [5.74, 6) is -0.344. The summed E-state index contributed by atoms with van der Waals surface area (Å²) in [6.45, 7) is 3.01. The number of nitrogens with one attached hydrogen (secondary N) is 2. The Kier molecular flexibility index (Phi) is 4.83. The van der Waals surface area contributed by atoms with Gasteiger partial charge >= 0.3 is 0 Å². The van der Waals surface area contributed by atoms with Crippen LogP contribution in [0, 0.1) is 5.92 Å². The van der Waals surface area contributed by atoms with E-state index in [0.29, 0.717) is 32.4 Å². The zero-order valence-electron chi connectivity index (χ0n) is 13.9. The van der Waals surface area contributed by atoms with E-state index in [2.05, 4.69) is 10.6 Å². The van der Waals surface area contributed by atoms with E-state index in [0.717, 1.165) is 11.3 Å². The van der Waals surface area contributed by atoms with Gasteiger partial charge in [-0.2, -0.15) is 0 Å². The van der Waals surface area contributed by atoms with E-state index in [-0.39, 0.29) is 36.1 Å².